The minimum atomic E-state index is -0.837. The molecule has 0 saturated heterocycles. The maximum absolute atomic E-state index is 13.0. The van der Waals surface area contributed by atoms with Crippen LogP contribution in [0.15, 0.2) is 35.0 Å². The first kappa shape index (κ1) is 11.7. The van der Waals surface area contributed by atoms with Crippen molar-refractivity contribution < 1.29 is 13.3 Å². The number of hydrogen-bond acceptors (Lipinski definition) is 3. The lowest BCUT2D eigenvalue weighted by atomic mass is 10.1. The molecule has 1 aromatic heterocycles. The first-order valence-electron chi connectivity index (χ1n) is 5.24. The van der Waals surface area contributed by atoms with E-state index in [-0.39, 0.29) is 6.04 Å². The van der Waals surface area contributed by atoms with Gasteiger partial charge in [0.15, 0.2) is 11.6 Å². The summed E-state index contributed by atoms with van der Waals surface area (Å²) < 4.78 is 30.7. The summed E-state index contributed by atoms with van der Waals surface area (Å²) in [6.07, 6.45) is 1.55. The average molecular weight is 238 g/mol. The van der Waals surface area contributed by atoms with Crippen molar-refractivity contribution in [2.24, 2.45) is 0 Å². The lowest BCUT2D eigenvalue weighted by molar-refractivity contribution is 0.366. The molecule has 0 aliphatic rings. The van der Waals surface area contributed by atoms with Crippen molar-refractivity contribution in [1.29, 1.82) is 0 Å². The molecule has 1 atom stereocenters. The van der Waals surface area contributed by atoms with Gasteiger partial charge in [-0.05, 0) is 24.6 Å². The number of aromatic nitrogens is 1. The Morgan fingerprint density at radius 3 is 2.76 bits per heavy atom. The second-order valence-corrected chi connectivity index (χ2v) is 3.75. The second kappa shape index (κ2) is 5.05. The highest BCUT2D eigenvalue weighted by Crippen LogP contribution is 2.16. The Hall–Kier alpha value is -1.75. The van der Waals surface area contributed by atoms with Crippen LogP contribution in [-0.2, 0) is 6.54 Å². The zero-order valence-electron chi connectivity index (χ0n) is 9.28. The number of nitrogens with zero attached hydrogens (tertiary/aromatic N) is 1. The maximum atomic E-state index is 13.0. The van der Waals surface area contributed by atoms with E-state index in [0.29, 0.717) is 17.9 Å². The quantitative estimate of drug-likeness (QED) is 0.890. The lowest BCUT2D eigenvalue weighted by Crippen LogP contribution is -2.18. The van der Waals surface area contributed by atoms with Crippen molar-refractivity contribution in [3.63, 3.8) is 0 Å². The van der Waals surface area contributed by atoms with Gasteiger partial charge in [-0.3, -0.25) is 0 Å². The molecule has 5 heteroatoms. The van der Waals surface area contributed by atoms with Gasteiger partial charge in [0.05, 0.1) is 12.7 Å². The van der Waals surface area contributed by atoms with Crippen LogP contribution in [0.5, 0.6) is 0 Å². The summed E-state index contributed by atoms with van der Waals surface area (Å²) in [6.45, 7) is 2.35. The van der Waals surface area contributed by atoms with E-state index in [2.05, 4.69) is 10.5 Å². The van der Waals surface area contributed by atoms with Gasteiger partial charge in [-0.25, -0.2) is 8.78 Å². The third-order valence-electron chi connectivity index (χ3n) is 2.52. The Labute approximate surface area is 97.4 Å². The molecule has 3 nitrogen and oxygen atoms in total. The van der Waals surface area contributed by atoms with Crippen LogP contribution >= 0.6 is 0 Å². The Balaban J connectivity index is 1.99. The van der Waals surface area contributed by atoms with Crippen molar-refractivity contribution in [3.05, 3.63) is 53.4 Å². The molecule has 17 heavy (non-hydrogen) atoms. The van der Waals surface area contributed by atoms with E-state index in [1.807, 2.05) is 6.92 Å². The zero-order valence-corrected chi connectivity index (χ0v) is 9.28. The Morgan fingerprint density at radius 1 is 1.29 bits per heavy atom. The average Bonchev–Trinajstić information content (AvgIpc) is 2.82. The van der Waals surface area contributed by atoms with Gasteiger partial charge in [0.25, 0.3) is 0 Å². The van der Waals surface area contributed by atoms with Crippen LogP contribution in [0.2, 0.25) is 0 Å². The van der Waals surface area contributed by atoms with E-state index >= 15 is 0 Å². The van der Waals surface area contributed by atoms with Gasteiger partial charge in [-0.1, -0.05) is 11.2 Å². The summed E-state index contributed by atoms with van der Waals surface area (Å²) in [5.41, 5.74) is 0.684. The lowest BCUT2D eigenvalue weighted by Gasteiger charge is -2.13. The van der Waals surface area contributed by atoms with Crippen LogP contribution in [0.1, 0.15) is 24.3 Å². The normalized spacial score (nSPS) is 12.6. The van der Waals surface area contributed by atoms with Gasteiger partial charge in [0.1, 0.15) is 5.76 Å². The largest absolute Gasteiger partial charge is 0.360 e. The molecule has 2 aromatic rings. The molecule has 0 fully saturated rings. The summed E-state index contributed by atoms with van der Waals surface area (Å²) in [5, 5.41) is 6.70. The van der Waals surface area contributed by atoms with Gasteiger partial charge >= 0.3 is 0 Å². The molecule has 0 bridgehead atoms. The Kier molecular flexibility index (Phi) is 3.49. The molecule has 0 radical (unpaired) electrons. The fourth-order valence-electron chi connectivity index (χ4n) is 1.49. The fraction of sp³-hybridized carbons (Fsp3) is 0.250. The highest BCUT2D eigenvalue weighted by Gasteiger charge is 2.09. The highest BCUT2D eigenvalue weighted by atomic mass is 19.2. The minimum Gasteiger partial charge on any atom is -0.360 e. The second-order valence-electron chi connectivity index (χ2n) is 3.75. The van der Waals surface area contributed by atoms with Gasteiger partial charge in [-0.2, -0.15) is 0 Å². The molecular formula is C12H12F2N2O. The molecule has 1 heterocycles. The summed E-state index contributed by atoms with van der Waals surface area (Å²) in [7, 11) is 0. The third kappa shape index (κ3) is 2.88. The number of halogens is 2. The summed E-state index contributed by atoms with van der Waals surface area (Å²) in [4.78, 5) is 0. The molecular weight excluding hydrogens is 226 g/mol. The van der Waals surface area contributed by atoms with E-state index in [4.69, 9.17) is 4.52 Å². The number of nitrogens with one attached hydrogen (secondary N) is 1. The Morgan fingerprint density at radius 2 is 2.12 bits per heavy atom. The van der Waals surface area contributed by atoms with Crippen molar-refractivity contribution in [2.75, 3.05) is 0 Å². The van der Waals surface area contributed by atoms with Crippen LogP contribution in [0, 0.1) is 11.6 Å². The predicted molar refractivity (Wildman–Crippen MR) is 58.1 cm³/mol. The predicted octanol–water partition coefficient (Wildman–Crippen LogP) is 2.80. The number of hydrogen-bond donors (Lipinski definition) is 1. The van der Waals surface area contributed by atoms with Crippen LogP contribution < -0.4 is 5.32 Å². The van der Waals surface area contributed by atoms with E-state index in [1.54, 1.807) is 18.3 Å². The molecule has 0 aliphatic heterocycles. The van der Waals surface area contributed by atoms with Crippen LogP contribution in [0.25, 0.3) is 0 Å². The van der Waals surface area contributed by atoms with Gasteiger partial charge in [0.2, 0.25) is 0 Å². The third-order valence-corrected chi connectivity index (χ3v) is 2.52. The van der Waals surface area contributed by atoms with Crippen LogP contribution in [-0.4, -0.2) is 5.16 Å². The van der Waals surface area contributed by atoms with E-state index in [0.717, 1.165) is 6.07 Å². The zero-order chi connectivity index (χ0) is 12.3. The Bertz CT molecular complexity index is 485. The molecule has 2 rings (SSSR count). The van der Waals surface area contributed by atoms with Gasteiger partial charge in [-0.15, -0.1) is 0 Å². The van der Waals surface area contributed by atoms with Crippen molar-refractivity contribution in [1.82, 2.24) is 10.5 Å². The van der Waals surface area contributed by atoms with Crippen LogP contribution in [0.4, 0.5) is 8.78 Å². The highest BCUT2D eigenvalue weighted by molar-refractivity contribution is 5.20. The molecule has 1 N–H and O–H groups in total. The van der Waals surface area contributed by atoms with Gasteiger partial charge in [0, 0.05) is 12.1 Å². The number of rotatable bonds is 4. The SMILES string of the molecule is CC(NCc1ccno1)c1ccc(F)c(F)c1. The van der Waals surface area contributed by atoms with E-state index in [9.17, 15) is 8.78 Å². The molecule has 90 valence electrons. The summed E-state index contributed by atoms with van der Waals surface area (Å²) >= 11 is 0. The molecule has 0 spiro atoms. The van der Waals surface area contributed by atoms with Crippen LogP contribution in [0.3, 0.4) is 0 Å². The molecule has 1 aromatic carbocycles. The summed E-state index contributed by atoms with van der Waals surface area (Å²) in [6, 6.07) is 5.50. The smallest absolute Gasteiger partial charge is 0.159 e. The van der Waals surface area contributed by atoms with E-state index in [1.165, 1.54) is 6.07 Å². The summed E-state index contributed by atoms with van der Waals surface area (Å²) in [5.74, 6) is -0.980. The van der Waals surface area contributed by atoms with Gasteiger partial charge < -0.3 is 9.84 Å². The first-order chi connectivity index (χ1) is 8.16. The fourth-order valence-corrected chi connectivity index (χ4v) is 1.49. The molecule has 0 aliphatic carbocycles. The van der Waals surface area contributed by atoms with Crippen molar-refractivity contribution in [3.8, 4) is 0 Å². The monoisotopic (exact) mass is 238 g/mol. The van der Waals surface area contributed by atoms with Crippen molar-refractivity contribution >= 4 is 0 Å². The standard InChI is InChI=1S/C12H12F2N2O/c1-8(15-7-10-4-5-16-17-10)9-2-3-11(13)12(14)6-9/h2-6,8,15H,7H2,1H3. The van der Waals surface area contributed by atoms with E-state index < -0.39 is 11.6 Å². The maximum Gasteiger partial charge on any atom is 0.159 e. The minimum absolute atomic E-state index is 0.102. The first-order valence-corrected chi connectivity index (χ1v) is 5.24. The number of benzene rings is 1. The molecule has 0 saturated carbocycles. The molecule has 0 amide bonds. The van der Waals surface area contributed by atoms with Crippen molar-refractivity contribution in [2.45, 2.75) is 19.5 Å². The topological polar surface area (TPSA) is 38.1 Å². The molecule has 1 unspecified atom stereocenters.